The molecular formula is C15H12N6OS. The Balaban J connectivity index is 1.70. The highest BCUT2D eigenvalue weighted by Gasteiger charge is 2.08. The number of benzene rings is 1. The van der Waals surface area contributed by atoms with Crippen molar-refractivity contribution in [3.63, 3.8) is 0 Å². The van der Waals surface area contributed by atoms with Gasteiger partial charge in [-0.15, -0.1) is 16.4 Å². The minimum absolute atomic E-state index is 0.00524. The average molecular weight is 324 g/mol. The molecule has 0 radical (unpaired) electrons. The summed E-state index contributed by atoms with van der Waals surface area (Å²) in [4.78, 5) is 20.2. The Bertz CT molecular complexity index is 891. The Morgan fingerprint density at radius 1 is 1.48 bits per heavy atom. The molecule has 0 aliphatic heterocycles. The van der Waals surface area contributed by atoms with Gasteiger partial charge in [0.2, 0.25) is 5.91 Å². The topological polar surface area (TPSA) is 96.5 Å². The molecule has 114 valence electrons. The quantitative estimate of drug-likeness (QED) is 0.793. The first kappa shape index (κ1) is 14.9. The molecule has 2 heterocycles. The van der Waals surface area contributed by atoms with Gasteiger partial charge in [-0.25, -0.2) is 14.6 Å². The summed E-state index contributed by atoms with van der Waals surface area (Å²) >= 11 is 1.58. The van der Waals surface area contributed by atoms with Crippen molar-refractivity contribution >= 4 is 22.9 Å². The number of carbonyl (C=O) groups excluding carboxylic acids is 1. The van der Waals surface area contributed by atoms with Crippen LogP contribution in [0, 0.1) is 18.3 Å². The van der Waals surface area contributed by atoms with E-state index in [9.17, 15) is 4.79 Å². The molecule has 23 heavy (non-hydrogen) atoms. The number of hydrogen-bond acceptors (Lipinski definition) is 6. The summed E-state index contributed by atoms with van der Waals surface area (Å²) in [7, 11) is 0. The van der Waals surface area contributed by atoms with Crippen LogP contribution in [0.2, 0.25) is 0 Å². The number of amides is 1. The maximum absolute atomic E-state index is 12.0. The number of anilines is 1. The first-order valence-corrected chi connectivity index (χ1v) is 7.64. The molecule has 0 saturated carbocycles. The van der Waals surface area contributed by atoms with Crippen molar-refractivity contribution in [2.24, 2.45) is 0 Å². The van der Waals surface area contributed by atoms with E-state index >= 15 is 0 Å². The summed E-state index contributed by atoms with van der Waals surface area (Å²) in [5, 5.41) is 18.3. The minimum atomic E-state index is -0.244. The number of nitriles is 1. The predicted octanol–water partition coefficient (Wildman–Crippen LogP) is 2.22. The third-order valence-electron chi connectivity index (χ3n) is 3.00. The Kier molecular flexibility index (Phi) is 4.12. The fourth-order valence-electron chi connectivity index (χ4n) is 2.02. The first-order valence-electron chi connectivity index (χ1n) is 6.76. The summed E-state index contributed by atoms with van der Waals surface area (Å²) in [5.74, 6) is -0.204. The van der Waals surface area contributed by atoms with Crippen LogP contribution in [0.3, 0.4) is 0 Å². The zero-order chi connectivity index (χ0) is 16.2. The van der Waals surface area contributed by atoms with Gasteiger partial charge < -0.3 is 5.32 Å². The molecule has 0 bridgehead atoms. The Labute approximate surface area is 136 Å². The lowest BCUT2D eigenvalue weighted by Gasteiger charge is -2.06. The van der Waals surface area contributed by atoms with Gasteiger partial charge in [-0.2, -0.15) is 5.26 Å². The molecule has 1 aromatic carbocycles. The first-order chi connectivity index (χ1) is 11.1. The highest BCUT2D eigenvalue weighted by molar-refractivity contribution is 7.09. The van der Waals surface area contributed by atoms with Crippen LogP contribution in [-0.4, -0.2) is 25.7 Å². The van der Waals surface area contributed by atoms with Crippen LogP contribution in [-0.2, 0) is 11.3 Å². The molecule has 0 aliphatic rings. The van der Waals surface area contributed by atoms with Crippen LogP contribution in [0.15, 0.2) is 36.0 Å². The maximum atomic E-state index is 12.0. The fraction of sp³-hybridized carbons (Fsp3) is 0.133. The minimum Gasteiger partial charge on any atom is -0.324 e. The number of carbonyl (C=O) groups is 1. The largest absolute Gasteiger partial charge is 0.324 e. The Morgan fingerprint density at radius 2 is 2.35 bits per heavy atom. The second-order valence-electron chi connectivity index (χ2n) is 4.76. The van der Waals surface area contributed by atoms with Crippen molar-refractivity contribution in [1.29, 1.82) is 5.26 Å². The Hall–Kier alpha value is -3.05. The summed E-state index contributed by atoms with van der Waals surface area (Å²) in [5.41, 5.74) is 2.51. The van der Waals surface area contributed by atoms with Crippen molar-refractivity contribution < 1.29 is 4.79 Å². The highest BCUT2D eigenvalue weighted by atomic mass is 32.1. The number of thiazole rings is 1. The normalized spacial score (nSPS) is 10.3. The molecule has 0 spiro atoms. The predicted molar refractivity (Wildman–Crippen MR) is 85.7 cm³/mol. The standard InChI is InChI=1S/C15H12N6OS/c1-10-18-13(8-23-10)11-3-2-4-12(5-11)19-15(22)7-21-9-17-14(6-16)20-21/h2-5,8-9H,7H2,1H3,(H,19,22). The van der Waals surface area contributed by atoms with Gasteiger partial charge in [-0.1, -0.05) is 12.1 Å². The van der Waals surface area contributed by atoms with E-state index in [2.05, 4.69) is 20.4 Å². The number of nitrogens with one attached hydrogen (secondary N) is 1. The molecule has 0 aliphatic carbocycles. The molecule has 0 atom stereocenters. The molecule has 0 saturated heterocycles. The van der Waals surface area contributed by atoms with E-state index in [1.165, 1.54) is 11.0 Å². The van der Waals surface area contributed by atoms with Crippen molar-refractivity contribution in [2.45, 2.75) is 13.5 Å². The van der Waals surface area contributed by atoms with E-state index in [0.717, 1.165) is 16.3 Å². The van der Waals surface area contributed by atoms with Gasteiger partial charge in [0, 0.05) is 16.6 Å². The summed E-state index contributed by atoms with van der Waals surface area (Å²) in [6.45, 7) is 1.95. The van der Waals surface area contributed by atoms with Gasteiger partial charge >= 0.3 is 0 Å². The van der Waals surface area contributed by atoms with Crippen LogP contribution in [0.25, 0.3) is 11.3 Å². The number of rotatable bonds is 4. The van der Waals surface area contributed by atoms with E-state index in [1.807, 2.05) is 42.6 Å². The van der Waals surface area contributed by atoms with E-state index in [-0.39, 0.29) is 18.3 Å². The molecule has 2 aromatic heterocycles. The van der Waals surface area contributed by atoms with Crippen LogP contribution in [0.4, 0.5) is 5.69 Å². The van der Waals surface area contributed by atoms with Gasteiger partial charge in [0.05, 0.1) is 10.7 Å². The lowest BCUT2D eigenvalue weighted by molar-refractivity contribution is -0.116. The van der Waals surface area contributed by atoms with E-state index in [4.69, 9.17) is 5.26 Å². The third-order valence-corrected chi connectivity index (χ3v) is 3.78. The lowest BCUT2D eigenvalue weighted by atomic mass is 10.1. The molecule has 1 N–H and O–H groups in total. The second kappa shape index (κ2) is 6.37. The third kappa shape index (κ3) is 3.59. The molecule has 0 unspecified atom stereocenters. The molecule has 0 fully saturated rings. The van der Waals surface area contributed by atoms with Crippen molar-refractivity contribution in [3.05, 3.63) is 46.8 Å². The van der Waals surface area contributed by atoms with Gasteiger partial charge in [0.1, 0.15) is 18.9 Å². The zero-order valence-electron chi connectivity index (χ0n) is 12.2. The van der Waals surface area contributed by atoms with E-state index in [1.54, 1.807) is 11.3 Å². The van der Waals surface area contributed by atoms with Crippen molar-refractivity contribution in [1.82, 2.24) is 19.7 Å². The van der Waals surface area contributed by atoms with E-state index in [0.29, 0.717) is 5.69 Å². The molecule has 3 aromatic rings. The summed E-state index contributed by atoms with van der Waals surface area (Å²) < 4.78 is 1.32. The van der Waals surface area contributed by atoms with Crippen LogP contribution in [0.5, 0.6) is 0 Å². The number of aryl methyl sites for hydroxylation is 1. The number of hydrogen-bond donors (Lipinski definition) is 1. The molecule has 8 heteroatoms. The Morgan fingerprint density at radius 3 is 3.04 bits per heavy atom. The maximum Gasteiger partial charge on any atom is 0.252 e. The highest BCUT2D eigenvalue weighted by Crippen LogP contribution is 2.24. The zero-order valence-corrected chi connectivity index (χ0v) is 13.0. The SMILES string of the molecule is Cc1nc(-c2cccc(NC(=O)Cn3cnc(C#N)n3)c2)cs1. The molecular weight excluding hydrogens is 312 g/mol. The summed E-state index contributed by atoms with van der Waals surface area (Å²) in [6.07, 6.45) is 1.35. The smallest absolute Gasteiger partial charge is 0.252 e. The summed E-state index contributed by atoms with van der Waals surface area (Å²) in [6, 6.07) is 9.30. The molecule has 1 amide bonds. The van der Waals surface area contributed by atoms with Gasteiger partial charge in [0.15, 0.2) is 0 Å². The van der Waals surface area contributed by atoms with Crippen LogP contribution >= 0.6 is 11.3 Å². The van der Waals surface area contributed by atoms with E-state index < -0.39 is 0 Å². The van der Waals surface area contributed by atoms with Gasteiger partial charge in [0.25, 0.3) is 5.82 Å². The van der Waals surface area contributed by atoms with Gasteiger partial charge in [-0.05, 0) is 19.1 Å². The number of nitrogens with zero attached hydrogens (tertiary/aromatic N) is 5. The second-order valence-corrected chi connectivity index (χ2v) is 5.82. The van der Waals surface area contributed by atoms with Gasteiger partial charge in [-0.3, -0.25) is 4.79 Å². The van der Waals surface area contributed by atoms with Crippen LogP contribution < -0.4 is 5.32 Å². The van der Waals surface area contributed by atoms with Crippen LogP contribution in [0.1, 0.15) is 10.8 Å². The fourth-order valence-corrected chi connectivity index (χ4v) is 2.64. The average Bonchev–Trinajstić information content (AvgIpc) is 3.16. The lowest BCUT2D eigenvalue weighted by Crippen LogP contribution is -2.19. The van der Waals surface area contributed by atoms with Crippen molar-refractivity contribution in [3.8, 4) is 17.3 Å². The molecule has 3 rings (SSSR count). The monoisotopic (exact) mass is 324 g/mol. The van der Waals surface area contributed by atoms with Crippen molar-refractivity contribution in [2.75, 3.05) is 5.32 Å². The molecule has 7 nitrogen and oxygen atoms in total. The number of aromatic nitrogens is 4.